The van der Waals surface area contributed by atoms with E-state index in [1.165, 1.54) is 11.3 Å². The number of ether oxygens (including phenoxy) is 2. The van der Waals surface area contributed by atoms with Crippen LogP contribution in [0.1, 0.15) is 6.92 Å². The monoisotopic (exact) mass is 421 g/mol. The molecule has 2 aromatic carbocycles. The van der Waals surface area contributed by atoms with Crippen molar-refractivity contribution in [2.75, 3.05) is 18.5 Å². The van der Waals surface area contributed by atoms with E-state index in [0.717, 1.165) is 10.6 Å². The molecule has 0 radical (unpaired) electrons. The maximum atomic E-state index is 12.3. The number of para-hydroxylation sites is 1. The molecule has 0 saturated carbocycles. The summed E-state index contributed by atoms with van der Waals surface area (Å²) in [6.45, 7) is 2.36. The molecule has 0 aliphatic carbocycles. The number of carbonyl (C=O) groups excluding carboxylic acids is 1. The van der Waals surface area contributed by atoms with Crippen molar-refractivity contribution in [1.29, 1.82) is 0 Å². The molecule has 152 valence electrons. The van der Waals surface area contributed by atoms with Crippen LogP contribution >= 0.6 is 11.3 Å². The molecule has 30 heavy (non-hydrogen) atoms. The fourth-order valence-electron chi connectivity index (χ4n) is 2.75. The molecule has 2 heterocycles. The number of anilines is 1. The largest absolute Gasteiger partial charge is 0.494 e. The van der Waals surface area contributed by atoms with Gasteiger partial charge in [0.15, 0.2) is 6.61 Å². The Hall–Kier alpha value is -3.65. The fraction of sp³-hybridized carbons (Fsp3) is 0.136. The highest BCUT2D eigenvalue weighted by Gasteiger charge is 2.16. The summed E-state index contributed by atoms with van der Waals surface area (Å²) in [5, 5.41) is 8.79. The SMILES string of the molecule is CCOc1ccc(NC(=O)COc2ccccc2-c2noc(-c3cccs3)n2)cc1. The molecule has 0 aliphatic heterocycles. The van der Waals surface area contributed by atoms with Crippen molar-refractivity contribution in [2.45, 2.75) is 6.92 Å². The van der Waals surface area contributed by atoms with Crippen molar-refractivity contribution in [1.82, 2.24) is 10.1 Å². The highest BCUT2D eigenvalue weighted by Crippen LogP contribution is 2.30. The maximum absolute atomic E-state index is 12.3. The van der Waals surface area contributed by atoms with Crippen LogP contribution in [0.5, 0.6) is 11.5 Å². The van der Waals surface area contributed by atoms with Gasteiger partial charge in [0.05, 0.1) is 17.0 Å². The fourth-order valence-corrected chi connectivity index (χ4v) is 3.40. The van der Waals surface area contributed by atoms with Crippen LogP contribution in [0.4, 0.5) is 5.69 Å². The second kappa shape index (κ2) is 9.23. The van der Waals surface area contributed by atoms with E-state index in [1.54, 1.807) is 30.3 Å². The number of aromatic nitrogens is 2. The number of amides is 1. The average molecular weight is 421 g/mol. The molecule has 1 N–H and O–H groups in total. The van der Waals surface area contributed by atoms with Crippen LogP contribution in [0, 0.1) is 0 Å². The number of rotatable bonds is 8. The maximum Gasteiger partial charge on any atom is 0.268 e. The van der Waals surface area contributed by atoms with Crippen molar-refractivity contribution >= 4 is 22.9 Å². The Morgan fingerprint density at radius 2 is 1.90 bits per heavy atom. The van der Waals surface area contributed by atoms with Crippen LogP contribution in [0.2, 0.25) is 0 Å². The summed E-state index contributed by atoms with van der Waals surface area (Å²) in [6, 6.07) is 18.3. The van der Waals surface area contributed by atoms with E-state index in [1.807, 2.05) is 42.6 Å². The first kappa shape index (κ1) is 19.7. The van der Waals surface area contributed by atoms with E-state index in [4.69, 9.17) is 14.0 Å². The topological polar surface area (TPSA) is 86.5 Å². The summed E-state index contributed by atoms with van der Waals surface area (Å²) >= 11 is 1.52. The third-order valence-electron chi connectivity index (χ3n) is 4.09. The Morgan fingerprint density at radius 3 is 2.67 bits per heavy atom. The zero-order valence-electron chi connectivity index (χ0n) is 16.2. The van der Waals surface area contributed by atoms with Crippen LogP contribution in [0.3, 0.4) is 0 Å². The Bertz CT molecular complexity index is 1110. The van der Waals surface area contributed by atoms with Gasteiger partial charge in [-0.05, 0) is 54.8 Å². The zero-order valence-corrected chi connectivity index (χ0v) is 17.0. The number of nitrogens with zero attached hydrogens (tertiary/aromatic N) is 2. The van der Waals surface area contributed by atoms with Gasteiger partial charge < -0.3 is 19.3 Å². The molecule has 4 aromatic rings. The van der Waals surface area contributed by atoms with E-state index in [2.05, 4.69) is 15.5 Å². The summed E-state index contributed by atoms with van der Waals surface area (Å²) in [6.07, 6.45) is 0. The minimum absolute atomic E-state index is 0.153. The molecule has 0 saturated heterocycles. The van der Waals surface area contributed by atoms with Crippen molar-refractivity contribution in [3.05, 3.63) is 66.0 Å². The predicted molar refractivity (Wildman–Crippen MR) is 115 cm³/mol. The molecule has 0 fully saturated rings. The smallest absolute Gasteiger partial charge is 0.268 e. The third kappa shape index (κ3) is 4.66. The minimum atomic E-state index is -0.277. The van der Waals surface area contributed by atoms with Crippen LogP contribution in [0.15, 0.2) is 70.6 Å². The zero-order chi connectivity index (χ0) is 20.8. The summed E-state index contributed by atoms with van der Waals surface area (Å²) in [4.78, 5) is 17.6. The van der Waals surface area contributed by atoms with Crippen LogP contribution in [-0.4, -0.2) is 29.3 Å². The normalized spacial score (nSPS) is 10.6. The van der Waals surface area contributed by atoms with Gasteiger partial charge in [0.1, 0.15) is 11.5 Å². The quantitative estimate of drug-likeness (QED) is 0.436. The van der Waals surface area contributed by atoms with Crippen LogP contribution in [0.25, 0.3) is 22.2 Å². The molecule has 1 amide bonds. The van der Waals surface area contributed by atoms with Crippen molar-refractivity contribution < 1.29 is 18.8 Å². The molecular weight excluding hydrogens is 402 g/mol. The van der Waals surface area contributed by atoms with Gasteiger partial charge in [0, 0.05) is 5.69 Å². The number of carbonyl (C=O) groups is 1. The highest BCUT2D eigenvalue weighted by molar-refractivity contribution is 7.13. The van der Waals surface area contributed by atoms with Gasteiger partial charge in [-0.3, -0.25) is 4.79 Å². The van der Waals surface area contributed by atoms with Gasteiger partial charge in [-0.2, -0.15) is 4.98 Å². The number of hydrogen-bond donors (Lipinski definition) is 1. The first-order valence-electron chi connectivity index (χ1n) is 9.35. The lowest BCUT2D eigenvalue weighted by Crippen LogP contribution is -2.20. The summed E-state index contributed by atoms with van der Waals surface area (Å²) in [5.74, 6) is 1.82. The minimum Gasteiger partial charge on any atom is -0.494 e. The number of benzene rings is 2. The van der Waals surface area contributed by atoms with Crippen LogP contribution < -0.4 is 14.8 Å². The standard InChI is InChI=1S/C22H19N3O4S/c1-2-27-16-11-9-15(10-12-16)23-20(26)14-28-18-7-4-3-6-17(18)21-24-22(29-25-21)19-8-5-13-30-19/h3-13H,2,14H2,1H3,(H,23,26). The first-order chi connectivity index (χ1) is 14.7. The summed E-state index contributed by atoms with van der Waals surface area (Å²) in [5.41, 5.74) is 1.32. The summed E-state index contributed by atoms with van der Waals surface area (Å²) < 4.78 is 16.5. The highest BCUT2D eigenvalue weighted by atomic mass is 32.1. The van der Waals surface area contributed by atoms with E-state index in [9.17, 15) is 4.79 Å². The second-order valence-corrected chi connectivity index (χ2v) is 7.14. The lowest BCUT2D eigenvalue weighted by Gasteiger charge is -2.10. The molecular formula is C22H19N3O4S. The van der Waals surface area contributed by atoms with Gasteiger partial charge in [-0.15, -0.1) is 11.3 Å². The third-order valence-corrected chi connectivity index (χ3v) is 4.95. The Morgan fingerprint density at radius 1 is 1.07 bits per heavy atom. The van der Waals surface area contributed by atoms with Gasteiger partial charge >= 0.3 is 0 Å². The molecule has 0 aliphatic rings. The molecule has 0 atom stereocenters. The van der Waals surface area contributed by atoms with E-state index in [0.29, 0.717) is 35.3 Å². The van der Waals surface area contributed by atoms with E-state index < -0.39 is 0 Å². The van der Waals surface area contributed by atoms with Crippen molar-refractivity contribution in [2.24, 2.45) is 0 Å². The molecule has 8 heteroatoms. The van der Waals surface area contributed by atoms with Gasteiger partial charge in [-0.25, -0.2) is 0 Å². The van der Waals surface area contributed by atoms with E-state index in [-0.39, 0.29) is 12.5 Å². The van der Waals surface area contributed by atoms with Gasteiger partial charge in [0.2, 0.25) is 5.82 Å². The molecule has 2 aromatic heterocycles. The van der Waals surface area contributed by atoms with Crippen LogP contribution in [-0.2, 0) is 4.79 Å². The first-order valence-corrected chi connectivity index (χ1v) is 10.2. The average Bonchev–Trinajstić information content (AvgIpc) is 3.46. The molecule has 0 bridgehead atoms. The van der Waals surface area contributed by atoms with E-state index >= 15 is 0 Å². The molecule has 0 spiro atoms. The van der Waals surface area contributed by atoms with Gasteiger partial charge in [0.25, 0.3) is 11.8 Å². The molecule has 0 unspecified atom stereocenters. The Kier molecular flexibility index (Phi) is 6.05. The Labute approximate surface area is 177 Å². The van der Waals surface area contributed by atoms with Crippen molar-refractivity contribution in [3.8, 4) is 33.7 Å². The van der Waals surface area contributed by atoms with Crippen molar-refractivity contribution in [3.63, 3.8) is 0 Å². The molecule has 7 nitrogen and oxygen atoms in total. The Balaban J connectivity index is 1.41. The molecule has 4 rings (SSSR count). The number of thiophene rings is 1. The number of hydrogen-bond acceptors (Lipinski definition) is 7. The lowest BCUT2D eigenvalue weighted by molar-refractivity contribution is -0.118. The van der Waals surface area contributed by atoms with Gasteiger partial charge in [-0.1, -0.05) is 23.4 Å². The predicted octanol–water partition coefficient (Wildman–Crippen LogP) is 4.88. The number of nitrogens with one attached hydrogen (secondary N) is 1. The lowest BCUT2D eigenvalue weighted by atomic mass is 10.2. The second-order valence-electron chi connectivity index (χ2n) is 6.19. The summed E-state index contributed by atoms with van der Waals surface area (Å²) in [7, 11) is 0.